The number of benzene rings is 1. The predicted molar refractivity (Wildman–Crippen MR) is 83.9 cm³/mol. The molecule has 0 aromatic heterocycles. The summed E-state index contributed by atoms with van der Waals surface area (Å²) < 4.78 is 10.6. The Hall–Kier alpha value is -1.99. The first kappa shape index (κ1) is 17.4. The zero-order valence-electron chi connectivity index (χ0n) is 13.2. The molecule has 1 aromatic carbocycles. The van der Waals surface area contributed by atoms with Gasteiger partial charge in [0, 0.05) is 31.2 Å². The molecule has 0 amide bonds. The molecular weight excluding hydrogens is 300 g/mol. The van der Waals surface area contributed by atoms with Gasteiger partial charge in [0.15, 0.2) is 0 Å². The fourth-order valence-electron chi connectivity index (χ4n) is 2.67. The van der Waals surface area contributed by atoms with Gasteiger partial charge in [-0.2, -0.15) is 0 Å². The van der Waals surface area contributed by atoms with Crippen LogP contribution >= 0.6 is 0 Å². The van der Waals surface area contributed by atoms with Crippen molar-refractivity contribution in [2.24, 2.45) is 5.92 Å². The Bertz CT molecular complexity index is 526. The second-order valence-corrected chi connectivity index (χ2v) is 5.51. The smallest absolute Gasteiger partial charge is 0.323 e. The first-order valence-electron chi connectivity index (χ1n) is 7.83. The molecule has 126 valence electrons. The molecular formula is C16H22N2O5. The average Bonchev–Trinajstić information content (AvgIpc) is 2.57. The van der Waals surface area contributed by atoms with Crippen LogP contribution in [-0.2, 0) is 20.8 Å². The molecule has 7 heteroatoms. The predicted octanol–water partition coefficient (Wildman–Crippen LogP) is 2.04. The van der Waals surface area contributed by atoms with Crippen molar-refractivity contribution in [3.63, 3.8) is 0 Å². The third-order valence-corrected chi connectivity index (χ3v) is 3.88. The minimum Gasteiger partial charge on any atom is -0.465 e. The number of nitrogens with one attached hydrogen (secondary N) is 1. The topological polar surface area (TPSA) is 90.7 Å². The third kappa shape index (κ3) is 5.01. The number of rotatable bonds is 7. The van der Waals surface area contributed by atoms with Gasteiger partial charge >= 0.3 is 5.97 Å². The van der Waals surface area contributed by atoms with Crippen LogP contribution in [0.3, 0.4) is 0 Å². The van der Waals surface area contributed by atoms with E-state index in [-0.39, 0.29) is 17.6 Å². The first-order valence-corrected chi connectivity index (χ1v) is 7.83. The van der Waals surface area contributed by atoms with Crippen LogP contribution in [0.2, 0.25) is 0 Å². The van der Waals surface area contributed by atoms with Gasteiger partial charge in [-0.15, -0.1) is 0 Å². The minimum absolute atomic E-state index is 0.0522. The number of esters is 1. The normalized spacial score (nSPS) is 19.1. The van der Waals surface area contributed by atoms with E-state index in [4.69, 9.17) is 9.47 Å². The summed E-state index contributed by atoms with van der Waals surface area (Å²) in [7, 11) is 0. The van der Waals surface area contributed by atoms with Crippen LogP contribution in [0.5, 0.6) is 0 Å². The number of nitrogens with zero attached hydrogens (tertiary/aromatic N) is 1. The van der Waals surface area contributed by atoms with Crippen LogP contribution in [0.15, 0.2) is 24.3 Å². The van der Waals surface area contributed by atoms with Gasteiger partial charge in [-0.25, -0.2) is 0 Å². The highest BCUT2D eigenvalue weighted by molar-refractivity contribution is 5.76. The number of carbonyl (C=O) groups is 1. The van der Waals surface area contributed by atoms with E-state index in [2.05, 4.69) is 5.32 Å². The van der Waals surface area contributed by atoms with Crippen LogP contribution in [0.25, 0.3) is 0 Å². The third-order valence-electron chi connectivity index (χ3n) is 3.88. The summed E-state index contributed by atoms with van der Waals surface area (Å²) in [6, 6.07) is 5.86. The van der Waals surface area contributed by atoms with Crippen molar-refractivity contribution in [3.8, 4) is 0 Å². The van der Waals surface area contributed by atoms with Crippen molar-refractivity contribution in [2.75, 3.05) is 19.8 Å². The van der Waals surface area contributed by atoms with Crippen molar-refractivity contribution in [1.82, 2.24) is 5.32 Å². The van der Waals surface area contributed by atoms with E-state index in [0.717, 1.165) is 25.0 Å². The minimum atomic E-state index is -0.433. The number of hydrogen-bond donors (Lipinski definition) is 1. The Morgan fingerprint density at radius 3 is 2.78 bits per heavy atom. The fraction of sp³-hybridized carbons (Fsp3) is 0.562. The Morgan fingerprint density at radius 1 is 1.48 bits per heavy atom. The van der Waals surface area contributed by atoms with Gasteiger partial charge < -0.3 is 9.47 Å². The molecule has 0 unspecified atom stereocenters. The van der Waals surface area contributed by atoms with Gasteiger partial charge in [0.2, 0.25) is 0 Å². The summed E-state index contributed by atoms with van der Waals surface area (Å²) in [4.78, 5) is 22.4. The standard InChI is InChI=1S/C16H22N2O5/c1-2-23-16(19)15(13-4-3-9-22-11-13)17-10-12-5-7-14(8-6-12)18(20)21/h5-8,13,15,17H,2-4,9-11H2,1H3/t13-,15+/m1/s1. The molecule has 1 fully saturated rings. The Kier molecular flexibility index (Phi) is 6.49. The first-order chi connectivity index (χ1) is 11.1. The summed E-state index contributed by atoms with van der Waals surface area (Å²) in [5, 5.41) is 13.9. The molecule has 0 bridgehead atoms. The molecule has 0 aliphatic carbocycles. The van der Waals surface area contributed by atoms with Crippen LogP contribution in [0, 0.1) is 16.0 Å². The van der Waals surface area contributed by atoms with E-state index in [0.29, 0.717) is 19.8 Å². The number of carbonyl (C=O) groups excluding carboxylic acids is 1. The van der Waals surface area contributed by atoms with E-state index in [1.54, 1.807) is 19.1 Å². The molecule has 1 N–H and O–H groups in total. The van der Waals surface area contributed by atoms with Crippen LogP contribution in [0.1, 0.15) is 25.3 Å². The van der Waals surface area contributed by atoms with Crippen molar-refractivity contribution >= 4 is 11.7 Å². The molecule has 1 aliphatic rings. The molecule has 0 radical (unpaired) electrons. The van der Waals surface area contributed by atoms with Gasteiger partial charge in [0.25, 0.3) is 5.69 Å². The van der Waals surface area contributed by atoms with Gasteiger partial charge in [-0.1, -0.05) is 12.1 Å². The molecule has 1 aromatic rings. The van der Waals surface area contributed by atoms with Crippen LogP contribution in [0.4, 0.5) is 5.69 Å². The van der Waals surface area contributed by atoms with Crippen molar-refractivity contribution in [3.05, 3.63) is 39.9 Å². The SMILES string of the molecule is CCOC(=O)[C@@H](NCc1ccc([N+](=O)[O-])cc1)[C@@H]1CCCOC1. The average molecular weight is 322 g/mol. The van der Waals surface area contributed by atoms with Gasteiger partial charge in [-0.05, 0) is 25.3 Å². The highest BCUT2D eigenvalue weighted by atomic mass is 16.6. The lowest BCUT2D eigenvalue weighted by atomic mass is 9.93. The highest BCUT2D eigenvalue weighted by Crippen LogP contribution is 2.19. The molecule has 0 spiro atoms. The largest absolute Gasteiger partial charge is 0.465 e. The second-order valence-electron chi connectivity index (χ2n) is 5.51. The summed E-state index contributed by atoms with van der Waals surface area (Å²) >= 11 is 0. The van der Waals surface area contributed by atoms with Gasteiger partial charge in [0.1, 0.15) is 6.04 Å². The number of non-ortho nitro benzene ring substituents is 1. The number of nitro groups is 1. The van der Waals surface area contributed by atoms with E-state index >= 15 is 0 Å². The maximum atomic E-state index is 12.2. The zero-order chi connectivity index (χ0) is 16.7. The van der Waals surface area contributed by atoms with Gasteiger partial charge in [0.05, 0.1) is 18.1 Å². The van der Waals surface area contributed by atoms with Gasteiger partial charge in [-0.3, -0.25) is 20.2 Å². The number of hydrogen-bond acceptors (Lipinski definition) is 6. The van der Waals surface area contributed by atoms with Crippen molar-refractivity contribution in [2.45, 2.75) is 32.4 Å². The number of ether oxygens (including phenoxy) is 2. The molecule has 23 heavy (non-hydrogen) atoms. The van der Waals surface area contributed by atoms with Crippen LogP contribution in [-0.4, -0.2) is 36.8 Å². The lowest BCUT2D eigenvalue weighted by Crippen LogP contribution is -2.46. The van der Waals surface area contributed by atoms with Crippen molar-refractivity contribution in [1.29, 1.82) is 0 Å². The monoisotopic (exact) mass is 322 g/mol. The Morgan fingerprint density at radius 2 is 2.22 bits per heavy atom. The number of nitro benzene ring substituents is 1. The summed E-state index contributed by atoms with van der Waals surface area (Å²) in [5.41, 5.74) is 0.929. The molecule has 1 saturated heterocycles. The molecule has 7 nitrogen and oxygen atoms in total. The Labute approximate surface area is 135 Å². The lowest BCUT2D eigenvalue weighted by molar-refractivity contribution is -0.384. The summed E-state index contributed by atoms with van der Waals surface area (Å²) in [5.74, 6) is -0.189. The summed E-state index contributed by atoms with van der Waals surface area (Å²) in [6.07, 6.45) is 1.84. The maximum absolute atomic E-state index is 12.2. The highest BCUT2D eigenvalue weighted by Gasteiger charge is 2.30. The zero-order valence-corrected chi connectivity index (χ0v) is 13.2. The Balaban J connectivity index is 1.98. The van der Waals surface area contributed by atoms with Crippen LogP contribution < -0.4 is 5.32 Å². The van der Waals surface area contributed by atoms with E-state index < -0.39 is 11.0 Å². The molecule has 1 heterocycles. The van der Waals surface area contributed by atoms with E-state index in [9.17, 15) is 14.9 Å². The lowest BCUT2D eigenvalue weighted by Gasteiger charge is -2.29. The van der Waals surface area contributed by atoms with E-state index in [1.807, 2.05) is 0 Å². The molecule has 0 saturated carbocycles. The quantitative estimate of drug-likeness (QED) is 0.469. The fourth-order valence-corrected chi connectivity index (χ4v) is 2.67. The maximum Gasteiger partial charge on any atom is 0.323 e. The molecule has 1 aliphatic heterocycles. The van der Waals surface area contributed by atoms with Crippen molar-refractivity contribution < 1.29 is 19.2 Å². The second kappa shape index (κ2) is 8.59. The molecule has 2 rings (SSSR count). The van der Waals surface area contributed by atoms with E-state index in [1.165, 1.54) is 12.1 Å². The summed E-state index contributed by atoms with van der Waals surface area (Å²) in [6.45, 7) is 3.83. The molecule has 2 atom stereocenters.